The van der Waals surface area contributed by atoms with Gasteiger partial charge in [-0.05, 0) is 48.9 Å². The monoisotopic (exact) mass is 457 g/mol. The van der Waals surface area contributed by atoms with E-state index in [1.807, 2.05) is 49.4 Å². The molecule has 0 bridgehead atoms. The van der Waals surface area contributed by atoms with Gasteiger partial charge in [0.1, 0.15) is 5.70 Å². The number of benzene rings is 3. The van der Waals surface area contributed by atoms with E-state index in [2.05, 4.69) is 21.9 Å². The van der Waals surface area contributed by atoms with Crippen LogP contribution in [-0.4, -0.2) is 42.9 Å². The van der Waals surface area contributed by atoms with Gasteiger partial charge in [-0.2, -0.15) is 0 Å². The number of carbonyl (C=O) groups is 2. The highest BCUT2D eigenvalue weighted by Crippen LogP contribution is 2.36. The second kappa shape index (κ2) is 8.75. The zero-order chi connectivity index (χ0) is 22.9. The number of anilines is 2. The Balaban J connectivity index is 1.50. The third kappa shape index (κ3) is 4.00. The van der Waals surface area contributed by atoms with Crippen LogP contribution in [0.1, 0.15) is 11.1 Å². The van der Waals surface area contributed by atoms with Gasteiger partial charge in [0.25, 0.3) is 11.8 Å². The van der Waals surface area contributed by atoms with Gasteiger partial charge in [-0.3, -0.25) is 9.59 Å². The fourth-order valence-corrected chi connectivity index (χ4v) is 4.57. The molecule has 0 spiro atoms. The number of carbonyl (C=O) groups excluding carboxylic acids is 2. The van der Waals surface area contributed by atoms with E-state index in [4.69, 9.17) is 11.6 Å². The fourth-order valence-electron chi connectivity index (χ4n) is 4.44. The highest BCUT2D eigenvalue weighted by molar-refractivity contribution is 6.45. The van der Waals surface area contributed by atoms with E-state index in [-0.39, 0.29) is 11.8 Å². The Morgan fingerprint density at radius 2 is 1.27 bits per heavy atom. The van der Waals surface area contributed by atoms with E-state index in [9.17, 15) is 9.59 Å². The van der Waals surface area contributed by atoms with Crippen LogP contribution >= 0.6 is 11.6 Å². The topological polar surface area (TPSA) is 43.9 Å². The molecule has 3 aromatic rings. The Bertz CT molecular complexity index is 1210. The normalized spacial score (nSPS) is 16.7. The van der Waals surface area contributed by atoms with Crippen molar-refractivity contribution in [1.82, 2.24) is 4.90 Å². The molecule has 2 heterocycles. The van der Waals surface area contributed by atoms with Crippen LogP contribution in [0.5, 0.6) is 0 Å². The Kier molecular flexibility index (Phi) is 5.65. The lowest BCUT2D eigenvalue weighted by molar-refractivity contribution is -0.120. The maximum Gasteiger partial charge on any atom is 0.282 e. The first-order chi connectivity index (χ1) is 16.0. The average Bonchev–Trinajstić information content (AvgIpc) is 3.11. The van der Waals surface area contributed by atoms with Gasteiger partial charge in [0.15, 0.2) is 0 Å². The number of para-hydroxylation sites is 1. The van der Waals surface area contributed by atoms with Crippen molar-refractivity contribution in [2.24, 2.45) is 0 Å². The zero-order valence-corrected chi connectivity index (χ0v) is 19.1. The van der Waals surface area contributed by atoms with Crippen molar-refractivity contribution in [2.75, 3.05) is 36.0 Å². The second-order valence-electron chi connectivity index (χ2n) is 8.32. The molecular weight excluding hydrogens is 434 g/mol. The summed E-state index contributed by atoms with van der Waals surface area (Å²) >= 11 is 6.03. The SMILES string of the molecule is Cc1ccc(C2=C(N3CCN(c4ccccc4)CC3)C(=O)N(c3ccc(Cl)cc3)C2=O)cc1. The first kappa shape index (κ1) is 21.3. The van der Waals surface area contributed by atoms with Crippen LogP contribution in [0.3, 0.4) is 0 Å². The minimum Gasteiger partial charge on any atom is -0.368 e. The van der Waals surface area contributed by atoms with Gasteiger partial charge in [0.2, 0.25) is 0 Å². The highest BCUT2D eigenvalue weighted by Gasteiger charge is 2.43. The summed E-state index contributed by atoms with van der Waals surface area (Å²) in [5, 5.41) is 0.557. The van der Waals surface area contributed by atoms with Crippen molar-refractivity contribution >= 4 is 40.4 Å². The van der Waals surface area contributed by atoms with E-state index in [0.29, 0.717) is 35.1 Å². The standard InChI is InChI=1S/C27H24ClN3O2/c1-19-7-9-20(10-8-19)24-25(27(33)31(26(24)32)23-13-11-21(28)12-14-23)30-17-15-29(16-18-30)22-5-3-2-4-6-22/h2-14H,15-18H2,1H3. The number of piperazine rings is 1. The van der Waals surface area contributed by atoms with Gasteiger partial charge in [0.05, 0.1) is 11.3 Å². The lowest BCUT2D eigenvalue weighted by atomic mass is 10.0. The van der Waals surface area contributed by atoms with E-state index in [0.717, 1.165) is 24.2 Å². The Labute approximate surface area is 198 Å². The number of rotatable bonds is 4. The zero-order valence-electron chi connectivity index (χ0n) is 18.4. The van der Waals surface area contributed by atoms with Crippen LogP contribution < -0.4 is 9.80 Å². The highest BCUT2D eigenvalue weighted by atomic mass is 35.5. The number of aryl methyl sites for hydroxylation is 1. The number of nitrogens with zero attached hydrogens (tertiary/aromatic N) is 3. The summed E-state index contributed by atoms with van der Waals surface area (Å²) in [6, 6.07) is 24.8. The molecule has 5 rings (SSSR count). The molecule has 0 saturated carbocycles. The van der Waals surface area contributed by atoms with Gasteiger partial charge >= 0.3 is 0 Å². The predicted octanol–water partition coefficient (Wildman–Crippen LogP) is 4.76. The molecule has 2 aliphatic rings. The maximum absolute atomic E-state index is 13.7. The second-order valence-corrected chi connectivity index (χ2v) is 8.76. The van der Waals surface area contributed by atoms with Crippen LogP contribution in [-0.2, 0) is 9.59 Å². The van der Waals surface area contributed by atoms with Gasteiger partial charge in [0, 0.05) is 36.9 Å². The first-order valence-corrected chi connectivity index (χ1v) is 11.4. The van der Waals surface area contributed by atoms with Crippen molar-refractivity contribution in [3.63, 3.8) is 0 Å². The molecule has 0 aromatic heterocycles. The summed E-state index contributed by atoms with van der Waals surface area (Å²) in [7, 11) is 0. The van der Waals surface area contributed by atoms with Crippen molar-refractivity contribution in [1.29, 1.82) is 0 Å². The van der Waals surface area contributed by atoms with Crippen molar-refractivity contribution in [2.45, 2.75) is 6.92 Å². The van der Waals surface area contributed by atoms with E-state index in [1.54, 1.807) is 24.3 Å². The number of amides is 2. The largest absolute Gasteiger partial charge is 0.368 e. The molecule has 2 amide bonds. The van der Waals surface area contributed by atoms with Crippen molar-refractivity contribution < 1.29 is 9.59 Å². The molecule has 166 valence electrons. The maximum atomic E-state index is 13.7. The lowest BCUT2D eigenvalue weighted by Gasteiger charge is -2.37. The number of hydrogen-bond acceptors (Lipinski definition) is 4. The van der Waals surface area contributed by atoms with E-state index >= 15 is 0 Å². The molecule has 0 radical (unpaired) electrons. The minimum atomic E-state index is -0.299. The predicted molar refractivity (Wildman–Crippen MR) is 132 cm³/mol. The van der Waals surface area contributed by atoms with E-state index in [1.165, 1.54) is 10.6 Å². The molecule has 1 saturated heterocycles. The molecular formula is C27H24ClN3O2. The van der Waals surface area contributed by atoms with Crippen LogP contribution in [0.2, 0.25) is 5.02 Å². The van der Waals surface area contributed by atoms with Gasteiger partial charge in [-0.25, -0.2) is 4.90 Å². The Morgan fingerprint density at radius 3 is 1.91 bits per heavy atom. The molecule has 3 aromatic carbocycles. The smallest absolute Gasteiger partial charge is 0.282 e. The van der Waals surface area contributed by atoms with Gasteiger partial charge < -0.3 is 9.80 Å². The molecule has 0 unspecified atom stereocenters. The van der Waals surface area contributed by atoms with Crippen LogP contribution in [0.25, 0.3) is 5.57 Å². The number of halogens is 1. The van der Waals surface area contributed by atoms with Crippen LogP contribution in [0.4, 0.5) is 11.4 Å². The molecule has 0 atom stereocenters. The number of imide groups is 1. The van der Waals surface area contributed by atoms with E-state index < -0.39 is 0 Å². The summed E-state index contributed by atoms with van der Waals surface area (Å²) in [6.45, 7) is 4.87. The van der Waals surface area contributed by atoms with Crippen molar-refractivity contribution in [3.05, 3.63) is 101 Å². The summed E-state index contributed by atoms with van der Waals surface area (Å²) in [4.78, 5) is 32.9. The van der Waals surface area contributed by atoms with Gasteiger partial charge in [-0.1, -0.05) is 59.6 Å². The molecule has 2 aliphatic heterocycles. The summed E-state index contributed by atoms with van der Waals surface area (Å²) in [6.07, 6.45) is 0. The molecule has 1 fully saturated rings. The average molecular weight is 458 g/mol. The summed E-state index contributed by atoms with van der Waals surface area (Å²) < 4.78 is 0. The third-order valence-electron chi connectivity index (χ3n) is 6.20. The molecule has 0 aliphatic carbocycles. The molecule has 0 N–H and O–H groups in total. The Morgan fingerprint density at radius 1 is 0.667 bits per heavy atom. The molecule has 5 nitrogen and oxygen atoms in total. The summed E-state index contributed by atoms with van der Waals surface area (Å²) in [5.74, 6) is -0.585. The molecule has 33 heavy (non-hydrogen) atoms. The molecule has 6 heteroatoms. The first-order valence-electron chi connectivity index (χ1n) is 11.0. The Hall–Kier alpha value is -3.57. The third-order valence-corrected chi connectivity index (χ3v) is 6.45. The van der Waals surface area contributed by atoms with Crippen molar-refractivity contribution in [3.8, 4) is 0 Å². The van der Waals surface area contributed by atoms with Gasteiger partial charge in [-0.15, -0.1) is 0 Å². The lowest BCUT2D eigenvalue weighted by Crippen LogP contribution is -2.47. The van der Waals surface area contributed by atoms with Crippen LogP contribution in [0, 0.1) is 6.92 Å². The quantitative estimate of drug-likeness (QED) is 0.530. The fraction of sp³-hybridized carbons (Fsp3) is 0.185. The minimum absolute atomic E-state index is 0.286. The number of hydrogen-bond donors (Lipinski definition) is 0. The van der Waals surface area contributed by atoms with Crippen LogP contribution in [0.15, 0.2) is 84.6 Å². The summed E-state index contributed by atoms with van der Waals surface area (Å²) in [5.41, 5.74) is 4.49.